The van der Waals surface area contributed by atoms with Crippen molar-refractivity contribution in [3.8, 4) is 0 Å². The molecule has 0 aromatic heterocycles. The molecule has 0 saturated carbocycles. The Kier molecular flexibility index (Phi) is 15.2. The minimum atomic E-state index is -4.98. The van der Waals surface area contributed by atoms with Gasteiger partial charge in [-0.15, -0.1) is 0 Å². The number of anilines is 1. The summed E-state index contributed by atoms with van der Waals surface area (Å²) in [7, 11) is 0.345. The molecule has 2 unspecified atom stereocenters. The lowest BCUT2D eigenvalue weighted by Crippen LogP contribution is -3.09. The van der Waals surface area contributed by atoms with Gasteiger partial charge >= 0.3 is 5.97 Å². The lowest BCUT2D eigenvalue weighted by molar-refractivity contribution is -0.878. The number of carbonyl (C=O) groups excluding carboxylic acids is 2. The highest BCUT2D eigenvalue weighted by Gasteiger charge is 2.47. The molecule has 0 saturated heterocycles. The first-order chi connectivity index (χ1) is 29.6. The summed E-state index contributed by atoms with van der Waals surface area (Å²) in [4.78, 5) is 42.2. The quantitative estimate of drug-likeness (QED) is 0.0440. The van der Waals surface area contributed by atoms with E-state index in [4.69, 9.17) is 5.11 Å². The summed E-state index contributed by atoms with van der Waals surface area (Å²) in [6.45, 7) is 10.8. The number of hydrogen-bond donors (Lipinski definition) is 4. The van der Waals surface area contributed by atoms with E-state index in [0.717, 1.165) is 65.1 Å². The number of rotatable bonds is 22. The zero-order valence-electron chi connectivity index (χ0n) is 38.5. The molecule has 1 aliphatic carbocycles. The van der Waals surface area contributed by atoms with E-state index in [-0.39, 0.29) is 35.6 Å². The van der Waals surface area contributed by atoms with Gasteiger partial charge < -0.3 is 39.1 Å². The lowest BCUT2D eigenvalue weighted by Gasteiger charge is -2.33. The molecule has 350 valence electrons. The molecule has 4 N–H and O–H groups in total. The monoisotopic (exact) mass is 925 g/mol. The maximum absolute atomic E-state index is 14.6. The van der Waals surface area contributed by atoms with Crippen LogP contribution in [0.4, 0.5) is 11.4 Å². The molecule has 5 rings (SSSR count). The van der Waals surface area contributed by atoms with Crippen molar-refractivity contribution in [1.29, 1.82) is 0 Å². The van der Waals surface area contributed by atoms with Gasteiger partial charge in [0.15, 0.2) is 11.5 Å². The Bertz CT molecular complexity index is 2520. The van der Waals surface area contributed by atoms with E-state index in [1.54, 1.807) is 23.8 Å². The van der Waals surface area contributed by atoms with Crippen LogP contribution in [0.2, 0.25) is 0 Å². The summed E-state index contributed by atoms with van der Waals surface area (Å²) in [6, 6.07) is 10.6. The average Bonchev–Trinajstić information content (AvgIpc) is 3.51. The fraction of sp³-hybridized carbons (Fsp3) is 0.522. The molecule has 0 fully saturated rings. The van der Waals surface area contributed by atoms with Crippen LogP contribution in [0.1, 0.15) is 77.3 Å². The highest BCUT2D eigenvalue weighted by atomic mass is 32.2. The number of likely N-dealkylation sites (N-methyl/N-ethyl adjacent to an activating group) is 1. The second-order valence-corrected chi connectivity index (χ2v) is 22.1. The van der Waals surface area contributed by atoms with Gasteiger partial charge in [-0.3, -0.25) is 14.4 Å². The third kappa shape index (κ3) is 11.7. The Morgan fingerprint density at radius 2 is 1.61 bits per heavy atom. The number of nitrogens with zero attached hydrogens (tertiary/aromatic N) is 3. The van der Waals surface area contributed by atoms with Gasteiger partial charge in [-0.2, -0.15) is 4.58 Å². The number of carbonyl (C=O) groups is 3. The summed E-state index contributed by atoms with van der Waals surface area (Å²) < 4.78 is 75.9. The Morgan fingerprint density at radius 1 is 0.922 bits per heavy atom. The van der Waals surface area contributed by atoms with Crippen molar-refractivity contribution < 1.29 is 59.4 Å². The fourth-order valence-corrected chi connectivity index (χ4v) is 10.0. The number of nitrogens with one attached hydrogen (secondary N) is 3. The zero-order valence-corrected chi connectivity index (χ0v) is 40.2. The summed E-state index contributed by atoms with van der Waals surface area (Å²) >= 11 is 0. The molecule has 2 aliphatic heterocycles. The standard InChI is InChI=1S/C46H64N6O10S2/c1-45(2)34-17-12-13-18-38(34)51(24-15-16-26-52(7,8)9)40(45)29-33-42(48-36(30-63(57,58)59)44(56)47-22-25-49(5)23-14-10-11-19-41(53)54)32(43(33)55)28-39-46(3,4)35-27-31(64(60,61)62)20-21-37(35)50(39)6/h12-13,17-18,20-21,27-29,36H,10-11,14-16,19,22-26,30H2,1-9H3,(H3-2,47,48,53,54,55,56,57,58,59,60,61,62)/p+1. The maximum atomic E-state index is 14.6. The second-order valence-electron chi connectivity index (χ2n) is 19.3. The van der Waals surface area contributed by atoms with Crippen LogP contribution in [0, 0.1) is 0 Å². The minimum absolute atomic E-state index is 0.0991. The van der Waals surface area contributed by atoms with Gasteiger partial charge in [-0.25, -0.2) is 16.8 Å². The molecule has 0 spiro atoms. The van der Waals surface area contributed by atoms with Gasteiger partial charge in [0, 0.05) is 53.0 Å². The number of carboxylic acid groups (broad SMARTS) is 1. The van der Waals surface area contributed by atoms with Gasteiger partial charge in [0.2, 0.25) is 11.6 Å². The largest absolute Gasteiger partial charge is 0.748 e. The van der Waals surface area contributed by atoms with Crippen LogP contribution in [0.25, 0.3) is 0 Å². The Balaban J connectivity index is 1.56. The molecule has 2 atom stereocenters. The van der Waals surface area contributed by atoms with Gasteiger partial charge in [0.1, 0.15) is 23.2 Å². The number of ketones is 1. The SMILES string of the molecule is C[N+]1=C(/C=C2\C(=O)C(/C=C3/N(CCCC[N+](C)(C)C)c4ccccc4C3(C)C)=C2NC(CS(=O)(=O)[O-])C(=O)NCC[NH+](C)CCCCCC(=O)O)C(C)(C)c2cc(S(=O)(=O)[O-])ccc21. The van der Waals surface area contributed by atoms with Gasteiger partial charge in [-0.05, 0) is 75.8 Å². The van der Waals surface area contributed by atoms with Crippen molar-refractivity contribution in [1.82, 2.24) is 10.6 Å². The van der Waals surface area contributed by atoms with Gasteiger partial charge in [0.25, 0.3) is 0 Å². The van der Waals surface area contributed by atoms with E-state index in [1.807, 2.05) is 39.1 Å². The molecule has 2 aromatic carbocycles. The first kappa shape index (κ1) is 50.3. The number of benzene rings is 2. The van der Waals surface area contributed by atoms with Crippen LogP contribution >= 0.6 is 0 Å². The molecular formula is C46H65N6O10S2+. The van der Waals surface area contributed by atoms with E-state index in [9.17, 15) is 40.3 Å². The Morgan fingerprint density at radius 3 is 2.25 bits per heavy atom. The fourth-order valence-electron chi connectivity index (χ4n) is 8.87. The molecule has 18 heteroatoms. The van der Waals surface area contributed by atoms with Crippen LogP contribution in [0.3, 0.4) is 0 Å². The maximum Gasteiger partial charge on any atom is 0.303 e. The molecule has 16 nitrogen and oxygen atoms in total. The van der Waals surface area contributed by atoms with Crippen LogP contribution in [0.5, 0.6) is 0 Å². The van der Waals surface area contributed by atoms with E-state index in [0.29, 0.717) is 36.5 Å². The summed E-state index contributed by atoms with van der Waals surface area (Å²) in [6.07, 6.45) is 7.43. The molecule has 3 aliphatic rings. The van der Waals surface area contributed by atoms with E-state index in [2.05, 4.69) is 56.6 Å². The third-order valence-corrected chi connectivity index (χ3v) is 14.1. The summed E-state index contributed by atoms with van der Waals surface area (Å²) in [5, 5.41) is 14.7. The first-order valence-electron chi connectivity index (χ1n) is 21.8. The van der Waals surface area contributed by atoms with Gasteiger partial charge in [0.05, 0.1) is 91.8 Å². The number of para-hydroxylation sites is 1. The Hall–Kier alpha value is -4.72. The van der Waals surface area contributed by atoms with E-state index in [1.165, 1.54) is 18.2 Å². The van der Waals surface area contributed by atoms with Crippen molar-refractivity contribution in [3.05, 3.63) is 88.3 Å². The minimum Gasteiger partial charge on any atom is -0.748 e. The smallest absolute Gasteiger partial charge is 0.303 e. The van der Waals surface area contributed by atoms with Crippen molar-refractivity contribution >= 4 is 55.0 Å². The number of unbranched alkanes of at least 4 members (excludes halogenated alkanes) is 3. The molecule has 1 amide bonds. The number of quaternary nitrogens is 2. The molecule has 2 heterocycles. The number of amides is 1. The predicted molar refractivity (Wildman–Crippen MR) is 243 cm³/mol. The van der Waals surface area contributed by atoms with Crippen LogP contribution < -0.4 is 20.4 Å². The van der Waals surface area contributed by atoms with Crippen LogP contribution in [-0.4, -0.2) is 143 Å². The molecular weight excluding hydrogens is 861 g/mol. The molecule has 64 heavy (non-hydrogen) atoms. The third-order valence-electron chi connectivity index (χ3n) is 12.5. The number of carboxylic acids is 1. The number of aliphatic carboxylic acids is 1. The zero-order chi connectivity index (χ0) is 47.6. The van der Waals surface area contributed by atoms with E-state index < -0.39 is 59.6 Å². The van der Waals surface area contributed by atoms with Gasteiger partial charge in [-0.1, -0.05) is 32.0 Å². The number of hydrogen-bond acceptors (Lipinski definition) is 11. The first-order valence-corrected chi connectivity index (χ1v) is 24.8. The second kappa shape index (κ2) is 19.4. The van der Waals surface area contributed by atoms with Crippen molar-refractivity contribution in [2.45, 2.75) is 88.0 Å². The number of allylic oxidation sites excluding steroid dienone is 5. The van der Waals surface area contributed by atoms with Crippen LogP contribution in [0.15, 0.2) is 82.1 Å². The summed E-state index contributed by atoms with van der Waals surface area (Å²) in [5.74, 6) is -3.08. The number of Topliss-reactive ketones (excluding diaryl/α,β-unsaturated/α-hetero) is 1. The van der Waals surface area contributed by atoms with Crippen molar-refractivity contribution in [2.75, 3.05) is 78.6 Å². The summed E-state index contributed by atoms with van der Waals surface area (Å²) in [5.41, 5.74) is 3.63. The van der Waals surface area contributed by atoms with Crippen molar-refractivity contribution in [3.63, 3.8) is 0 Å². The normalized spacial score (nSPS) is 19.2. The molecule has 0 bridgehead atoms. The highest BCUT2D eigenvalue weighted by molar-refractivity contribution is 7.86. The van der Waals surface area contributed by atoms with Crippen molar-refractivity contribution in [2.24, 2.45) is 0 Å². The lowest BCUT2D eigenvalue weighted by atomic mass is 9.76. The Labute approximate surface area is 378 Å². The molecule has 0 radical (unpaired) electrons. The molecule has 2 aromatic rings. The van der Waals surface area contributed by atoms with E-state index >= 15 is 0 Å². The average molecular weight is 926 g/mol. The van der Waals surface area contributed by atoms with Crippen LogP contribution in [-0.2, 0) is 45.4 Å². The number of fused-ring (bicyclic) bond motifs is 2. The topological polar surface area (TPSA) is 221 Å². The highest BCUT2D eigenvalue weighted by Crippen LogP contribution is 2.49. The predicted octanol–water partition coefficient (Wildman–Crippen LogP) is 2.31.